The minimum Gasteiger partial charge on any atom is -0.496 e. The molecule has 2 heteroatoms. The van der Waals surface area contributed by atoms with Crippen LogP contribution in [0.15, 0.2) is 163 Å². The summed E-state index contributed by atoms with van der Waals surface area (Å²) in [5.74, 6) is 0.271. The molecule has 0 bridgehead atoms. The fraction of sp³-hybridized carbons (Fsp3) is 0.0976. The van der Waals surface area contributed by atoms with E-state index >= 15 is 0 Å². The number of hydrogen-bond acceptors (Lipinski definition) is 2. The third kappa shape index (κ3) is 5.91. The predicted molar refractivity (Wildman–Crippen MR) is 177 cm³/mol. The van der Waals surface area contributed by atoms with Gasteiger partial charge in [0.25, 0.3) is 0 Å². The van der Waals surface area contributed by atoms with E-state index < -0.39 is 0 Å². The topological polar surface area (TPSA) is 26.3 Å². The average molecular weight is 559 g/mol. The first-order valence-electron chi connectivity index (χ1n) is 14.7. The number of aryl methyl sites for hydroxylation is 1. The van der Waals surface area contributed by atoms with Crippen molar-refractivity contribution in [2.75, 3.05) is 7.11 Å². The van der Waals surface area contributed by atoms with Crippen molar-refractivity contribution in [2.24, 2.45) is 0 Å². The number of rotatable bonds is 8. The van der Waals surface area contributed by atoms with Crippen molar-refractivity contribution in [3.63, 3.8) is 0 Å². The summed E-state index contributed by atoms with van der Waals surface area (Å²) in [4.78, 5) is 14.5. The molecule has 0 saturated carbocycles. The summed E-state index contributed by atoms with van der Waals surface area (Å²) in [6.07, 6.45) is 0. The Bertz CT molecular complexity index is 1770. The van der Waals surface area contributed by atoms with Gasteiger partial charge in [0.2, 0.25) is 0 Å². The van der Waals surface area contributed by atoms with Gasteiger partial charge >= 0.3 is 0 Å². The smallest absolute Gasteiger partial charge is 0.183 e. The van der Waals surface area contributed by atoms with Crippen LogP contribution in [0.4, 0.5) is 0 Å². The molecule has 43 heavy (non-hydrogen) atoms. The van der Waals surface area contributed by atoms with E-state index in [4.69, 9.17) is 4.74 Å². The standard InChI is InChI=1S/C41H34O2/c1-29-23-25-30(26-24-29)35-28-38(42)36(39(31-15-7-3-8-16-31)32-17-9-4-10-18-32)27-37(41(35)43-2)40(33-19-11-5-12-20-33)34-21-13-6-14-22-34/h3-28,39-40H,1-2H3. The fourth-order valence-electron chi connectivity index (χ4n) is 6.04. The van der Waals surface area contributed by atoms with Crippen LogP contribution >= 0.6 is 0 Å². The predicted octanol–water partition coefficient (Wildman–Crippen LogP) is 9.39. The van der Waals surface area contributed by atoms with Crippen molar-refractivity contribution < 1.29 is 4.74 Å². The van der Waals surface area contributed by atoms with E-state index in [-0.39, 0.29) is 17.3 Å². The molecule has 0 aliphatic rings. The summed E-state index contributed by atoms with van der Waals surface area (Å²) in [6.45, 7) is 2.07. The molecule has 0 heterocycles. The zero-order valence-electron chi connectivity index (χ0n) is 24.5. The molecule has 0 spiro atoms. The van der Waals surface area contributed by atoms with E-state index in [0.717, 1.165) is 44.5 Å². The molecule has 0 amide bonds. The molecule has 0 aliphatic carbocycles. The zero-order valence-corrected chi connectivity index (χ0v) is 24.5. The van der Waals surface area contributed by atoms with E-state index in [2.05, 4.69) is 110 Å². The highest BCUT2D eigenvalue weighted by Gasteiger charge is 2.27. The van der Waals surface area contributed by atoms with Crippen LogP contribution in [0.25, 0.3) is 11.1 Å². The lowest BCUT2D eigenvalue weighted by Gasteiger charge is -2.23. The molecule has 210 valence electrons. The van der Waals surface area contributed by atoms with Gasteiger partial charge in [0, 0.05) is 28.5 Å². The number of benzene rings is 5. The summed E-state index contributed by atoms with van der Waals surface area (Å²) in [5, 5.41) is 0. The maximum Gasteiger partial charge on any atom is 0.183 e. The quantitative estimate of drug-likeness (QED) is 0.186. The van der Waals surface area contributed by atoms with Gasteiger partial charge in [-0.3, -0.25) is 4.79 Å². The SMILES string of the molecule is COc1c(-c2ccc(C)cc2)cc(=O)c(C(c2ccccc2)c2ccccc2)cc1C(c1ccccc1)c1ccccc1. The summed E-state index contributed by atoms with van der Waals surface area (Å²) in [5.41, 5.74) is 8.90. The van der Waals surface area contributed by atoms with Gasteiger partial charge in [-0.1, -0.05) is 151 Å². The molecule has 0 atom stereocenters. The Hall–Kier alpha value is -5.21. The van der Waals surface area contributed by atoms with Crippen molar-refractivity contribution in [3.8, 4) is 16.9 Å². The van der Waals surface area contributed by atoms with Gasteiger partial charge in [-0.2, -0.15) is 0 Å². The monoisotopic (exact) mass is 558 g/mol. The van der Waals surface area contributed by atoms with Crippen LogP contribution in [0.5, 0.6) is 5.75 Å². The Morgan fingerprint density at radius 3 is 1.28 bits per heavy atom. The molecule has 2 nitrogen and oxygen atoms in total. The highest BCUT2D eigenvalue weighted by molar-refractivity contribution is 5.74. The van der Waals surface area contributed by atoms with Gasteiger partial charge in [-0.15, -0.1) is 0 Å². The molecule has 0 unspecified atom stereocenters. The van der Waals surface area contributed by atoms with Crippen molar-refractivity contribution in [3.05, 3.63) is 207 Å². The van der Waals surface area contributed by atoms with Crippen LogP contribution in [0, 0.1) is 6.92 Å². The highest BCUT2D eigenvalue weighted by atomic mass is 16.5. The molecule has 6 aromatic carbocycles. The van der Waals surface area contributed by atoms with Crippen LogP contribution in [0.2, 0.25) is 0 Å². The first-order valence-corrected chi connectivity index (χ1v) is 14.7. The number of hydrogen-bond donors (Lipinski definition) is 0. The second kappa shape index (κ2) is 12.8. The Morgan fingerprint density at radius 1 is 0.488 bits per heavy atom. The van der Waals surface area contributed by atoms with Crippen molar-refractivity contribution in [1.82, 2.24) is 0 Å². The number of methoxy groups -OCH3 is 1. The van der Waals surface area contributed by atoms with Gasteiger partial charge in [-0.05, 0) is 46.9 Å². The third-order valence-corrected chi connectivity index (χ3v) is 8.10. The summed E-state index contributed by atoms with van der Waals surface area (Å²) < 4.78 is 6.31. The lowest BCUT2D eigenvalue weighted by atomic mass is 9.81. The average Bonchev–Trinajstić information content (AvgIpc) is 3.20. The first-order chi connectivity index (χ1) is 21.1. The molecule has 0 aliphatic heterocycles. The normalized spacial score (nSPS) is 11.1. The third-order valence-electron chi connectivity index (χ3n) is 8.10. The van der Waals surface area contributed by atoms with E-state index in [1.54, 1.807) is 13.2 Å². The Kier molecular flexibility index (Phi) is 8.28. The summed E-state index contributed by atoms with van der Waals surface area (Å²) in [7, 11) is 1.71. The highest BCUT2D eigenvalue weighted by Crippen LogP contribution is 2.43. The first kappa shape index (κ1) is 27.9. The Morgan fingerprint density at radius 2 is 0.884 bits per heavy atom. The van der Waals surface area contributed by atoms with Crippen LogP contribution in [-0.4, -0.2) is 7.11 Å². The van der Waals surface area contributed by atoms with Gasteiger partial charge in [-0.25, -0.2) is 0 Å². The lowest BCUT2D eigenvalue weighted by molar-refractivity contribution is 0.411. The summed E-state index contributed by atoms with van der Waals surface area (Å²) >= 11 is 0. The molecule has 0 fully saturated rings. The second-order valence-electron chi connectivity index (χ2n) is 10.9. The molecular formula is C41H34O2. The van der Waals surface area contributed by atoms with Crippen molar-refractivity contribution in [2.45, 2.75) is 18.8 Å². The lowest BCUT2D eigenvalue weighted by Crippen LogP contribution is -2.14. The molecule has 0 aromatic heterocycles. The van der Waals surface area contributed by atoms with Crippen molar-refractivity contribution in [1.29, 1.82) is 0 Å². The maximum atomic E-state index is 14.5. The van der Waals surface area contributed by atoms with Gasteiger partial charge in [0.05, 0.1) is 7.11 Å². The van der Waals surface area contributed by atoms with E-state index in [1.165, 1.54) is 0 Å². The Balaban J connectivity index is 1.74. The minimum atomic E-state index is -0.260. The molecular weight excluding hydrogens is 524 g/mol. The molecule has 0 radical (unpaired) electrons. The molecule has 0 saturated heterocycles. The van der Waals surface area contributed by atoms with Crippen LogP contribution in [0.1, 0.15) is 50.8 Å². The second-order valence-corrected chi connectivity index (χ2v) is 10.9. The minimum absolute atomic E-state index is 0.0299. The van der Waals surface area contributed by atoms with E-state index in [1.807, 2.05) is 48.5 Å². The van der Waals surface area contributed by atoms with Crippen molar-refractivity contribution >= 4 is 0 Å². The molecule has 6 aromatic rings. The van der Waals surface area contributed by atoms with Gasteiger partial charge < -0.3 is 4.74 Å². The summed E-state index contributed by atoms with van der Waals surface area (Å²) in [6, 6.07) is 53.7. The van der Waals surface area contributed by atoms with E-state index in [9.17, 15) is 4.79 Å². The fourth-order valence-corrected chi connectivity index (χ4v) is 6.04. The van der Waals surface area contributed by atoms with Crippen LogP contribution in [-0.2, 0) is 0 Å². The van der Waals surface area contributed by atoms with Gasteiger partial charge in [0.1, 0.15) is 5.75 Å². The molecule has 6 rings (SSSR count). The van der Waals surface area contributed by atoms with Crippen LogP contribution in [0.3, 0.4) is 0 Å². The van der Waals surface area contributed by atoms with E-state index in [0.29, 0.717) is 11.3 Å². The largest absolute Gasteiger partial charge is 0.496 e. The molecule has 0 N–H and O–H groups in total. The maximum absolute atomic E-state index is 14.5. The number of ether oxygens (including phenoxy) is 1. The van der Waals surface area contributed by atoms with Gasteiger partial charge in [0.15, 0.2) is 5.43 Å². The Labute approximate surface area is 253 Å². The zero-order chi connectivity index (χ0) is 29.6. The van der Waals surface area contributed by atoms with Crippen LogP contribution < -0.4 is 10.2 Å².